The van der Waals surface area contributed by atoms with E-state index in [4.69, 9.17) is 27.9 Å². The second-order valence-corrected chi connectivity index (χ2v) is 6.33. The van der Waals surface area contributed by atoms with Gasteiger partial charge in [-0.05, 0) is 42.3 Å². The first kappa shape index (κ1) is 17.0. The van der Waals surface area contributed by atoms with E-state index in [0.29, 0.717) is 16.7 Å². The summed E-state index contributed by atoms with van der Waals surface area (Å²) < 4.78 is 5.24. The molecule has 1 atom stereocenters. The minimum atomic E-state index is 0.0396. The third-order valence-corrected chi connectivity index (χ3v) is 4.30. The van der Waals surface area contributed by atoms with E-state index in [1.165, 1.54) is 0 Å². The number of nitrogens with zero attached hydrogens (tertiary/aromatic N) is 2. The Morgan fingerprint density at radius 1 is 1.08 bits per heavy atom. The fourth-order valence-electron chi connectivity index (χ4n) is 2.58. The number of anilines is 1. The molecule has 1 heterocycles. The van der Waals surface area contributed by atoms with Crippen molar-refractivity contribution in [3.8, 4) is 0 Å². The molecular formula is C18H17Cl2N3O. The van der Waals surface area contributed by atoms with E-state index < -0.39 is 0 Å². The van der Waals surface area contributed by atoms with Crippen molar-refractivity contribution < 1.29 is 4.74 Å². The standard InChI is InChI=1S/C18H17Cl2N3O/c1-24-9-8-17(12-2-4-14(19)5-3-12)22-18-16-7-6-15(20)10-13(16)11-21-23-18/h2-7,10-11,17H,8-9H2,1H3,(H,22,23). The molecule has 0 saturated heterocycles. The first-order valence-corrected chi connectivity index (χ1v) is 8.35. The molecule has 3 aromatic rings. The summed E-state index contributed by atoms with van der Waals surface area (Å²) in [4.78, 5) is 0. The topological polar surface area (TPSA) is 47.0 Å². The van der Waals surface area contributed by atoms with Gasteiger partial charge in [0.1, 0.15) is 0 Å². The average Bonchev–Trinajstić information content (AvgIpc) is 2.59. The van der Waals surface area contributed by atoms with Gasteiger partial charge >= 0.3 is 0 Å². The number of fused-ring (bicyclic) bond motifs is 1. The van der Waals surface area contributed by atoms with Crippen LogP contribution in [0.2, 0.25) is 10.0 Å². The van der Waals surface area contributed by atoms with Crippen LogP contribution in [0.25, 0.3) is 10.8 Å². The van der Waals surface area contributed by atoms with E-state index in [1.807, 2.05) is 42.5 Å². The van der Waals surface area contributed by atoms with Crippen LogP contribution in [0.5, 0.6) is 0 Å². The Balaban J connectivity index is 1.93. The van der Waals surface area contributed by atoms with Crippen LogP contribution in [0, 0.1) is 0 Å². The average molecular weight is 362 g/mol. The molecule has 0 bridgehead atoms. The Labute approximate surface area is 150 Å². The van der Waals surface area contributed by atoms with Gasteiger partial charge in [0, 0.05) is 34.5 Å². The highest BCUT2D eigenvalue weighted by atomic mass is 35.5. The monoisotopic (exact) mass is 361 g/mol. The lowest BCUT2D eigenvalue weighted by Gasteiger charge is -2.20. The smallest absolute Gasteiger partial charge is 0.157 e. The summed E-state index contributed by atoms with van der Waals surface area (Å²) in [5, 5.41) is 15.1. The Bertz CT molecular complexity index is 824. The number of rotatable bonds is 6. The van der Waals surface area contributed by atoms with Gasteiger partial charge in [-0.1, -0.05) is 35.3 Å². The summed E-state index contributed by atoms with van der Waals surface area (Å²) in [6.07, 6.45) is 2.50. The predicted octanol–water partition coefficient (Wildman–Crippen LogP) is 5.13. The molecule has 1 aromatic heterocycles. The molecule has 0 spiro atoms. The van der Waals surface area contributed by atoms with Crippen LogP contribution in [-0.2, 0) is 4.74 Å². The maximum Gasteiger partial charge on any atom is 0.157 e. The highest BCUT2D eigenvalue weighted by Crippen LogP contribution is 2.28. The van der Waals surface area contributed by atoms with E-state index in [1.54, 1.807) is 13.3 Å². The van der Waals surface area contributed by atoms with Gasteiger partial charge in [-0.15, -0.1) is 5.10 Å². The molecule has 0 fully saturated rings. The highest BCUT2D eigenvalue weighted by Gasteiger charge is 2.14. The molecule has 0 saturated carbocycles. The zero-order valence-electron chi connectivity index (χ0n) is 13.2. The molecule has 4 nitrogen and oxygen atoms in total. The van der Waals surface area contributed by atoms with Gasteiger partial charge in [0.05, 0.1) is 12.2 Å². The van der Waals surface area contributed by atoms with Crippen molar-refractivity contribution in [1.29, 1.82) is 0 Å². The largest absolute Gasteiger partial charge is 0.385 e. The number of nitrogens with one attached hydrogen (secondary N) is 1. The third kappa shape index (κ3) is 3.96. The summed E-state index contributed by atoms with van der Waals surface area (Å²) in [5.74, 6) is 0.722. The quantitative estimate of drug-likeness (QED) is 0.661. The number of hydrogen-bond acceptors (Lipinski definition) is 4. The van der Waals surface area contributed by atoms with Gasteiger partial charge < -0.3 is 10.1 Å². The Morgan fingerprint density at radius 3 is 2.58 bits per heavy atom. The van der Waals surface area contributed by atoms with E-state index in [-0.39, 0.29) is 6.04 Å². The minimum absolute atomic E-state index is 0.0396. The molecule has 1 N–H and O–H groups in total. The molecule has 2 aromatic carbocycles. The second-order valence-electron chi connectivity index (χ2n) is 5.45. The molecular weight excluding hydrogens is 345 g/mol. The van der Waals surface area contributed by atoms with Gasteiger partial charge in [-0.25, -0.2) is 0 Å². The van der Waals surface area contributed by atoms with Gasteiger partial charge in [0.25, 0.3) is 0 Å². The summed E-state index contributed by atoms with van der Waals surface area (Å²) in [7, 11) is 1.69. The molecule has 6 heteroatoms. The molecule has 0 aliphatic rings. The van der Waals surface area contributed by atoms with Gasteiger partial charge in [0.15, 0.2) is 5.82 Å². The zero-order chi connectivity index (χ0) is 16.9. The molecule has 0 amide bonds. The van der Waals surface area contributed by atoms with Crippen molar-refractivity contribution in [2.45, 2.75) is 12.5 Å². The number of hydrogen-bond donors (Lipinski definition) is 1. The second kappa shape index (κ2) is 7.79. The van der Waals surface area contributed by atoms with Gasteiger partial charge in [-0.2, -0.15) is 5.10 Å². The number of methoxy groups -OCH3 is 1. The fourth-order valence-corrected chi connectivity index (χ4v) is 2.89. The SMILES string of the molecule is COCCC(Nc1nncc2cc(Cl)ccc12)c1ccc(Cl)cc1. The maximum atomic E-state index is 6.06. The van der Waals surface area contributed by atoms with Crippen LogP contribution < -0.4 is 5.32 Å². The minimum Gasteiger partial charge on any atom is -0.385 e. The number of aromatic nitrogens is 2. The third-order valence-electron chi connectivity index (χ3n) is 3.82. The lowest BCUT2D eigenvalue weighted by atomic mass is 10.0. The molecule has 0 aliphatic carbocycles. The summed E-state index contributed by atoms with van der Waals surface area (Å²) in [6, 6.07) is 13.5. The first-order valence-electron chi connectivity index (χ1n) is 7.59. The fraction of sp³-hybridized carbons (Fsp3) is 0.222. The van der Waals surface area contributed by atoms with Crippen LogP contribution in [-0.4, -0.2) is 23.9 Å². The van der Waals surface area contributed by atoms with Crippen LogP contribution in [0.1, 0.15) is 18.0 Å². The van der Waals surface area contributed by atoms with Crippen molar-refractivity contribution in [3.63, 3.8) is 0 Å². The molecule has 0 aliphatic heterocycles. The molecule has 24 heavy (non-hydrogen) atoms. The number of halogens is 2. The first-order chi connectivity index (χ1) is 11.7. The number of benzene rings is 2. The Hall–Kier alpha value is -1.88. The van der Waals surface area contributed by atoms with Crippen LogP contribution >= 0.6 is 23.2 Å². The predicted molar refractivity (Wildman–Crippen MR) is 98.9 cm³/mol. The normalized spacial score (nSPS) is 12.3. The van der Waals surface area contributed by atoms with Crippen molar-refractivity contribution in [2.24, 2.45) is 0 Å². The van der Waals surface area contributed by atoms with E-state index in [9.17, 15) is 0 Å². The van der Waals surface area contributed by atoms with Crippen LogP contribution in [0.3, 0.4) is 0 Å². The summed E-state index contributed by atoms with van der Waals surface area (Å²) in [6.45, 7) is 0.629. The van der Waals surface area contributed by atoms with Gasteiger partial charge in [0.2, 0.25) is 0 Å². The summed E-state index contributed by atoms with van der Waals surface area (Å²) in [5.41, 5.74) is 1.12. The van der Waals surface area contributed by atoms with Gasteiger partial charge in [-0.3, -0.25) is 0 Å². The lowest BCUT2D eigenvalue weighted by Crippen LogP contribution is -2.14. The van der Waals surface area contributed by atoms with Crippen molar-refractivity contribution in [3.05, 3.63) is 64.3 Å². The lowest BCUT2D eigenvalue weighted by molar-refractivity contribution is 0.190. The number of ether oxygens (including phenoxy) is 1. The van der Waals surface area contributed by atoms with Crippen LogP contribution in [0.15, 0.2) is 48.7 Å². The van der Waals surface area contributed by atoms with Crippen LogP contribution in [0.4, 0.5) is 5.82 Å². The Kier molecular flexibility index (Phi) is 5.51. The zero-order valence-corrected chi connectivity index (χ0v) is 14.7. The molecule has 3 rings (SSSR count). The highest BCUT2D eigenvalue weighted by molar-refractivity contribution is 6.31. The van der Waals surface area contributed by atoms with Crippen molar-refractivity contribution in [2.75, 3.05) is 19.0 Å². The molecule has 124 valence electrons. The molecule has 1 unspecified atom stereocenters. The maximum absolute atomic E-state index is 6.06. The van der Waals surface area contributed by atoms with E-state index in [0.717, 1.165) is 28.6 Å². The van der Waals surface area contributed by atoms with Crippen molar-refractivity contribution in [1.82, 2.24) is 10.2 Å². The Morgan fingerprint density at radius 2 is 1.83 bits per heavy atom. The summed E-state index contributed by atoms with van der Waals surface area (Å²) >= 11 is 12.1. The van der Waals surface area contributed by atoms with Crippen molar-refractivity contribution >= 4 is 39.8 Å². The van der Waals surface area contributed by atoms with E-state index in [2.05, 4.69) is 15.5 Å². The van der Waals surface area contributed by atoms with E-state index >= 15 is 0 Å². The molecule has 0 radical (unpaired) electrons.